The van der Waals surface area contributed by atoms with Crippen molar-refractivity contribution in [3.05, 3.63) is 114 Å². The Kier molecular flexibility index (Phi) is 4.02. The lowest BCUT2D eigenvalue weighted by Gasteiger charge is -2.24. The molecule has 0 fully saturated rings. The molecule has 0 N–H and O–H groups in total. The molecule has 5 aromatic carbocycles. The quantitative estimate of drug-likeness (QED) is 0.288. The van der Waals surface area contributed by atoms with Gasteiger partial charge >= 0.3 is 0 Å². The Morgan fingerprint density at radius 1 is 0.533 bits per heavy atom. The zero-order valence-corrected chi connectivity index (χ0v) is 16.8. The molecule has 5 aromatic rings. The van der Waals surface area contributed by atoms with Gasteiger partial charge in [0.25, 0.3) is 0 Å². The summed E-state index contributed by atoms with van der Waals surface area (Å²) in [4.78, 5) is 0. The van der Waals surface area contributed by atoms with Crippen LogP contribution >= 0.6 is 0 Å². The second-order valence-corrected chi connectivity index (χ2v) is 8.02. The number of rotatable bonds is 2. The van der Waals surface area contributed by atoms with Gasteiger partial charge in [-0.1, -0.05) is 109 Å². The molecule has 0 bridgehead atoms. The Morgan fingerprint density at radius 2 is 1.20 bits per heavy atom. The molecular formula is C30H22. The molecule has 1 aliphatic rings. The van der Waals surface area contributed by atoms with Gasteiger partial charge in [0.2, 0.25) is 0 Å². The van der Waals surface area contributed by atoms with Crippen LogP contribution in [0, 0.1) is 0 Å². The monoisotopic (exact) mass is 382 g/mol. The predicted molar refractivity (Wildman–Crippen MR) is 130 cm³/mol. The molecule has 0 amide bonds. The standard InChI is InChI=1S/C30H22/c1-2-12-22(13-3-1)29-25-16-6-8-18-27(25)30(28-19-9-7-17-26(28)29)24-20-10-14-21-11-4-5-15-23(21)24/h1-6,8-16,18-20H,7,17H2. The molecule has 0 saturated heterocycles. The van der Waals surface area contributed by atoms with E-state index < -0.39 is 0 Å². The summed E-state index contributed by atoms with van der Waals surface area (Å²) in [6.45, 7) is 0. The van der Waals surface area contributed by atoms with Crippen LogP contribution in [-0.4, -0.2) is 0 Å². The summed E-state index contributed by atoms with van der Waals surface area (Å²) >= 11 is 0. The van der Waals surface area contributed by atoms with Crippen molar-refractivity contribution in [2.45, 2.75) is 12.8 Å². The first-order valence-corrected chi connectivity index (χ1v) is 10.7. The maximum absolute atomic E-state index is 2.36. The summed E-state index contributed by atoms with van der Waals surface area (Å²) in [5.41, 5.74) is 8.26. The Bertz CT molecular complexity index is 1420. The van der Waals surface area contributed by atoms with E-state index in [-0.39, 0.29) is 0 Å². The molecule has 0 atom stereocenters. The highest BCUT2D eigenvalue weighted by Crippen LogP contribution is 2.45. The molecular weight excluding hydrogens is 360 g/mol. The number of allylic oxidation sites excluding steroid dienone is 1. The lowest BCUT2D eigenvalue weighted by Crippen LogP contribution is -2.02. The first kappa shape index (κ1) is 17.2. The van der Waals surface area contributed by atoms with Crippen LogP contribution in [0.4, 0.5) is 0 Å². The third kappa shape index (κ3) is 2.61. The third-order valence-corrected chi connectivity index (χ3v) is 6.33. The lowest BCUT2D eigenvalue weighted by molar-refractivity contribution is 0.991. The fourth-order valence-electron chi connectivity index (χ4n) is 5.05. The minimum absolute atomic E-state index is 1.08. The third-order valence-electron chi connectivity index (χ3n) is 6.33. The van der Waals surface area contributed by atoms with E-state index in [0.717, 1.165) is 12.8 Å². The van der Waals surface area contributed by atoms with Gasteiger partial charge < -0.3 is 0 Å². The molecule has 142 valence electrons. The smallest absolute Gasteiger partial charge is 0.00235 e. The van der Waals surface area contributed by atoms with Crippen molar-refractivity contribution in [3.8, 4) is 22.3 Å². The van der Waals surface area contributed by atoms with Crippen LogP contribution in [-0.2, 0) is 6.42 Å². The van der Waals surface area contributed by atoms with Crippen molar-refractivity contribution in [1.82, 2.24) is 0 Å². The summed E-state index contributed by atoms with van der Waals surface area (Å²) in [7, 11) is 0. The summed E-state index contributed by atoms with van der Waals surface area (Å²) in [6.07, 6.45) is 6.87. The van der Waals surface area contributed by atoms with E-state index in [4.69, 9.17) is 0 Å². The van der Waals surface area contributed by atoms with Gasteiger partial charge in [-0.25, -0.2) is 0 Å². The molecule has 6 rings (SSSR count). The van der Waals surface area contributed by atoms with Crippen molar-refractivity contribution < 1.29 is 0 Å². The summed E-state index contributed by atoms with van der Waals surface area (Å²) in [6, 6.07) is 35.2. The highest BCUT2D eigenvalue weighted by atomic mass is 14.2. The topological polar surface area (TPSA) is 0 Å². The second-order valence-electron chi connectivity index (χ2n) is 8.02. The van der Waals surface area contributed by atoms with Crippen molar-refractivity contribution in [3.63, 3.8) is 0 Å². The van der Waals surface area contributed by atoms with Crippen LogP contribution in [0.1, 0.15) is 17.5 Å². The van der Waals surface area contributed by atoms with E-state index in [1.54, 1.807) is 0 Å². The molecule has 0 nitrogen and oxygen atoms in total. The van der Waals surface area contributed by atoms with Gasteiger partial charge in [-0.3, -0.25) is 0 Å². The minimum atomic E-state index is 1.08. The second kappa shape index (κ2) is 7.00. The first-order valence-electron chi connectivity index (χ1n) is 10.7. The minimum Gasteiger partial charge on any atom is -0.0836 e. The van der Waals surface area contributed by atoms with Crippen LogP contribution in [0.25, 0.3) is 49.9 Å². The van der Waals surface area contributed by atoms with Crippen LogP contribution in [0.2, 0.25) is 0 Å². The van der Waals surface area contributed by atoms with Gasteiger partial charge in [0.1, 0.15) is 0 Å². The van der Waals surface area contributed by atoms with Gasteiger partial charge in [0, 0.05) is 0 Å². The highest BCUT2D eigenvalue weighted by Gasteiger charge is 2.22. The van der Waals surface area contributed by atoms with Gasteiger partial charge in [0.15, 0.2) is 0 Å². The summed E-state index contributed by atoms with van der Waals surface area (Å²) < 4.78 is 0. The fraction of sp³-hybridized carbons (Fsp3) is 0.0667. The van der Waals surface area contributed by atoms with Gasteiger partial charge in [-0.15, -0.1) is 0 Å². The largest absolute Gasteiger partial charge is 0.0836 e. The van der Waals surface area contributed by atoms with Crippen molar-refractivity contribution in [2.24, 2.45) is 0 Å². The lowest BCUT2D eigenvalue weighted by atomic mass is 9.79. The average molecular weight is 383 g/mol. The Labute approximate surface area is 177 Å². The average Bonchev–Trinajstić information content (AvgIpc) is 2.83. The molecule has 1 aliphatic carbocycles. The van der Waals surface area contributed by atoms with Crippen molar-refractivity contribution >= 4 is 27.6 Å². The number of hydrogen-bond acceptors (Lipinski definition) is 0. The van der Waals surface area contributed by atoms with Crippen molar-refractivity contribution in [1.29, 1.82) is 0 Å². The maximum atomic E-state index is 2.36. The molecule has 0 radical (unpaired) electrons. The van der Waals surface area contributed by atoms with Gasteiger partial charge in [-0.2, -0.15) is 0 Å². The molecule has 0 unspecified atom stereocenters. The number of fused-ring (bicyclic) bond motifs is 3. The van der Waals surface area contributed by atoms with Gasteiger partial charge in [-0.05, 0) is 67.8 Å². The highest BCUT2D eigenvalue weighted by molar-refractivity contribution is 6.13. The molecule has 30 heavy (non-hydrogen) atoms. The summed E-state index contributed by atoms with van der Waals surface area (Å²) in [5, 5.41) is 5.29. The molecule has 0 heterocycles. The van der Waals surface area contributed by atoms with E-state index in [2.05, 4.69) is 109 Å². The molecule has 0 aliphatic heterocycles. The normalized spacial score (nSPS) is 12.9. The molecule has 0 spiro atoms. The maximum Gasteiger partial charge on any atom is -0.00235 e. The van der Waals surface area contributed by atoms with E-state index in [9.17, 15) is 0 Å². The zero-order valence-electron chi connectivity index (χ0n) is 16.8. The van der Waals surface area contributed by atoms with Crippen LogP contribution in [0.3, 0.4) is 0 Å². The SMILES string of the molecule is C1=Cc2c(c(-c3ccccc3)c3ccccc3c2-c2cccc3ccccc23)CC1. The van der Waals surface area contributed by atoms with E-state index in [0.29, 0.717) is 0 Å². The summed E-state index contributed by atoms with van der Waals surface area (Å²) in [5.74, 6) is 0. The Morgan fingerprint density at radius 3 is 2.03 bits per heavy atom. The van der Waals surface area contributed by atoms with E-state index >= 15 is 0 Å². The fourth-order valence-corrected chi connectivity index (χ4v) is 5.05. The Hall–Kier alpha value is -3.64. The van der Waals surface area contributed by atoms with Crippen LogP contribution in [0.5, 0.6) is 0 Å². The molecule has 0 saturated carbocycles. The van der Waals surface area contributed by atoms with Crippen LogP contribution in [0.15, 0.2) is 103 Å². The number of benzene rings is 5. The molecule has 0 aromatic heterocycles. The first-order chi connectivity index (χ1) is 14.9. The predicted octanol–water partition coefficient (Wildman–Crippen LogP) is 8.29. The zero-order chi connectivity index (χ0) is 19.9. The Balaban J connectivity index is 1.81. The van der Waals surface area contributed by atoms with E-state index in [1.807, 2.05) is 0 Å². The number of hydrogen-bond donors (Lipinski definition) is 0. The van der Waals surface area contributed by atoms with Gasteiger partial charge in [0.05, 0.1) is 0 Å². The molecule has 0 heteroatoms. The van der Waals surface area contributed by atoms with E-state index in [1.165, 1.54) is 54.9 Å². The van der Waals surface area contributed by atoms with Crippen LogP contribution < -0.4 is 0 Å². The van der Waals surface area contributed by atoms with Crippen molar-refractivity contribution in [2.75, 3.05) is 0 Å².